The van der Waals surface area contributed by atoms with Crippen LogP contribution >= 0.6 is 11.9 Å². The first-order valence-corrected chi connectivity index (χ1v) is 19.7. The normalized spacial score (nSPS) is 34.5. The molecule has 4 aliphatic rings. The van der Waals surface area contributed by atoms with Gasteiger partial charge in [-0.05, 0) is 118 Å². The molecule has 2 aliphatic carbocycles. The van der Waals surface area contributed by atoms with Crippen LogP contribution in [0.1, 0.15) is 190 Å². The minimum atomic E-state index is 0.00345. The maximum atomic E-state index is 3.18. The van der Waals surface area contributed by atoms with Crippen molar-refractivity contribution < 1.29 is 0 Å². The van der Waals surface area contributed by atoms with E-state index < -0.39 is 0 Å². The minimum absolute atomic E-state index is 0.00345. The van der Waals surface area contributed by atoms with E-state index >= 15 is 0 Å². The molecule has 244 valence electrons. The van der Waals surface area contributed by atoms with Crippen molar-refractivity contribution in [2.24, 2.45) is 17.3 Å². The van der Waals surface area contributed by atoms with E-state index in [4.69, 9.17) is 0 Å². The van der Waals surface area contributed by atoms with E-state index in [1.54, 1.807) is 33.4 Å². The fourth-order valence-electron chi connectivity index (χ4n) is 11.1. The second kappa shape index (κ2) is 13.0. The van der Waals surface area contributed by atoms with E-state index in [9.17, 15) is 0 Å². The first-order chi connectivity index (χ1) is 20.3. The van der Waals surface area contributed by atoms with Crippen molar-refractivity contribution in [1.29, 1.82) is 0 Å². The highest BCUT2D eigenvalue weighted by molar-refractivity contribution is 7.97. The van der Waals surface area contributed by atoms with E-state index in [-0.39, 0.29) is 21.9 Å². The molecule has 3 fully saturated rings. The average molecular weight is 608 g/mol. The molecule has 2 bridgehead atoms. The van der Waals surface area contributed by atoms with E-state index in [0.717, 1.165) is 17.1 Å². The molecule has 1 saturated heterocycles. The van der Waals surface area contributed by atoms with Crippen LogP contribution in [0, 0.1) is 44.9 Å². The SMILES string of the molecule is Cc1c(C)c(C)c2c(c1C)C(C)(C)C1(C)C3CCCCCCCC3C(C)(C)C2(C)N1SC1CCCCCCCCCCC1. The summed E-state index contributed by atoms with van der Waals surface area (Å²) < 4.78 is 3.18. The second-order valence-corrected chi connectivity index (χ2v) is 18.4. The lowest BCUT2D eigenvalue weighted by Crippen LogP contribution is -2.78. The molecular weight excluding hydrogens is 539 g/mol. The van der Waals surface area contributed by atoms with Crippen molar-refractivity contribution >= 4 is 11.9 Å². The van der Waals surface area contributed by atoms with Crippen LogP contribution in [0.4, 0.5) is 0 Å². The van der Waals surface area contributed by atoms with Crippen molar-refractivity contribution in [1.82, 2.24) is 4.31 Å². The first kappa shape index (κ1) is 33.9. The largest absolute Gasteiger partial charge is 0.233 e. The van der Waals surface area contributed by atoms with Crippen LogP contribution < -0.4 is 0 Å². The molecule has 1 aromatic rings. The molecule has 1 aromatic carbocycles. The van der Waals surface area contributed by atoms with E-state index in [1.165, 1.54) is 116 Å². The lowest BCUT2D eigenvalue weighted by molar-refractivity contribution is -0.182. The smallest absolute Gasteiger partial charge is 0.0599 e. The first-order valence-electron chi connectivity index (χ1n) is 18.9. The Morgan fingerprint density at radius 1 is 0.488 bits per heavy atom. The number of benzene rings is 1. The van der Waals surface area contributed by atoms with Crippen molar-refractivity contribution in [3.05, 3.63) is 33.4 Å². The Labute approximate surface area is 272 Å². The van der Waals surface area contributed by atoms with Gasteiger partial charge in [-0.3, -0.25) is 0 Å². The summed E-state index contributed by atoms with van der Waals surface area (Å²) >= 11 is 2.38. The third-order valence-corrected chi connectivity index (χ3v) is 16.3. The van der Waals surface area contributed by atoms with Gasteiger partial charge >= 0.3 is 0 Å². The average Bonchev–Trinajstić information content (AvgIpc) is 3.08. The van der Waals surface area contributed by atoms with Gasteiger partial charge in [-0.15, -0.1) is 0 Å². The number of hydrogen-bond acceptors (Lipinski definition) is 2. The van der Waals surface area contributed by atoms with Gasteiger partial charge in [0.1, 0.15) is 0 Å². The molecule has 0 aromatic heterocycles. The van der Waals surface area contributed by atoms with Gasteiger partial charge in [0.15, 0.2) is 0 Å². The number of hydrogen-bond donors (Lipinski definition) is 0. The molecule has 0 N–H and O–H groups in total. The highest BCUT2D eigenvalue weighted by Gasteiger charge is 2.72. The lowest BCUT2D eigenvalue weighted by Gasteiger charge is -2.75. The number of rotatable bonds is 2. The molecule has 2 heteroatoms. The summed E-state index contributed by atoms with van der Waals surface area (Å²) in [6, 6.07) is 0. The standard InChI is InChI=1S/C41H69NS/c1-29-30(2)32(4)37-36(31(29)3)39(7,8)40(9)35-28-24-20-16-19-23-27-34(35)38(5,6)41(37,10)42(40)43-33-25-21-17-14-12-11-13-15-18-22-26-33/h33-35H,11-28H2,1-10H3. The Morgan fingerprint density at radius 2 is 0.884 bits per heavy atom. The zero-order chi connectivity index (χ0) is 31.2. The molecule has 43 heavy (non-hydrogen) atoms. The Hall–Kier alpha value is -0.470. The maximum absolute atomic E-state index is 3.18. The molecule has 2 heterocycles. The molecule has 0 amide bonds. The van der Waals surface area contributed by atoms with Gasteiger partial charge in [-0.2, -0.15) is 0 Å². The van der Waals surface area contributed by atoms with Gasteiger partial charge in [-0.1, -0.05) is 130 Å². The van der Waals surface area contributed by atoms with Gasteiger partial charge in [0.25, 0.3) is 0 Å². The minimum Gasteiger partial charge on any atom is -0.233 e. The van der Waals surface area contributed by atoms with Crippen LogP contribution in [0.25, 0.3) is 0 Å². The van der Waals surface area contributed by atoms with Crippen molar-refractivity contribution in [2.45, 2.75) is 207 Å². The molecule has 0 spiro atoms. The van der Waals surface area contributed by atoms with Gasteiger partial charge in [0.2, 0.25) is 0 Å². The highest BCUT2D eigenvalue weighted by Crippen LogP contribution is 2.72. The second-order valence-electron chi connectivity index (χ2n) is 17.2. The molecule has 4 unspecified atom stereocenters. The number of piperidine rings is 1. The molecule has 0 radical (unpaired) electrons. The van der Waals surface area contributed by atoms with Crippen LogP contribution in [-0.2, 0) is 11.0 Å². The van der Waals surface area contributed by atoms with E-state index in [0.29, 0.717) is 0 Å². The van der Waals surface area contributed by atoms with Crippen LogP contribution in [0.15, 0.2) is 0 Å². The fraction of sp³-hybridized carbons (Fsp3) is 0.854. The summed E-state index contributed by atoms with van der Waals surface area (Å²) in [5.74, 6) is 1.50. The predicted octanol–water partition coefficient (Wildman–Crippen LogP) is 12.8. The molecule has 5 rings (SSSR count). The number of nitrogens with zero attached hydrogens (tertiary/aromatic N) is 1. The third kappa shape index (κ3) is 5.41. The van der Waals surface area contributed by atoms with Crippen LogP contribution in [0.5, 0.6) is 0 Å². The summed E-state index contributed by atoms with van der Waals surface area (Å²) in [6.07, 6.45) is 25.8. The van der Waals surface area contributed by atoms with Crippen molar-refractivity contribution in [2.75, 3.05) is 0 Å². The fourth-order valence-corrected chi connectivity index (χ4v) is 13.1. The quantitative estimate of drug-likeness (QED) is 0.308. The zero-order valence-corrected chi connectivity index (χ0v) is 31.1. The van der Waals surface area contributed by atoms with Crippen molar-refractivity contribution in [3.8, 4) is 0 Å². The monoisotopic (exact) mass is 608 g/mol. The van der Waals surface area contributed by atoms with Crippen LogP contribution in [-0.4, -0.2) is 15.1 Å². The Morgan fingerprint density at radius 3 is 1.37 bits per heavy atom. The summed E-state index contributed by atoms with van der Waals surface area (Å²) in [5, 5.41) is 0.743. The highest BCUT2D eigenvalue weighted by atomic mass is 32.2. The molecule has 2 aliphatic heterocycles. The molecular formula is C41H69NS. The summed E-state index contributed by atoms with van der Waals surface area (Å²) in [5.41, 5.74) is 10.1. The van der Waals surface area contributed by atoms with Gasteiger partial charge in [-0.25, -0.2) is 4.31 Å². The number of fused-ring (bicyclic) bond motifs is 6. The van der Waals surface area contributed by atoms with Gasteiger partial charge < -0.3 is 0 Å². The predicted molar refractivity (Wildman–Crippen MR) is 191 cm³/mol. The van der Waals surface area contributed by atoms with E-state index in [1.807, 2.05) is 0 Å². The summed E-state index contributed by atoms with van der Waals surface area (Å²) in [4.78, 5) is 0. The van der Waals surface area contributed by atoms with Crippen LogP contribution in [0.2, 0.25) is 0 Å². The van der Waals surface area contributed by atoms with E-state index in [2.05, 4.69) is 85.5 Å². The molecule has 2 saturated carbocycles. The van der Waals surface area contributed by atoms with Crippen molar-refractivity contribution in [3.63, 3.8) is 0 Å². The Kier molecular flexibility index (Phi) is 10.2. The van der Waals surface area contributed by atoms with Gasteiger partial charge in [0.05, 0.1) is 5.54 Å². The maximum Gasteiger partial charge on any atom is 0.0599 e. The Balaban J connectivity index is 1.72. The van der Waals surface area contributed by atoms with Crippen LogP contribution in [0.3, 0.4) is 0 Å². The van der Waals surface area contributed by atoms with Gasteiger partial charge in [0, 0.05) is 16.2 Å². The Bertz CT molecular complexity index is 1120. The topological polar surface area (TPSA) is 3.24 Å². The zero-order valence-electron chi connectivity index (χ0n) is 30.3. The molecule has 1 nitrogen and oxygen atoms in total. The lowest BCUT2D eigenvalue weighted by atomic mass is 9.41. The summed E-state index contributed by atoms with van der Waals surface area (Å²) in [6.45, 7) is 26.2. The summed E-state index contributed by atoms with van der Waals surface area (Å²) in [7, 11) is 0. The molecule has 4 atom stereocenters. The third-order valence-electron chi connectivity index (χ3n) is 14.6.